The van der Waals surface area contributed by atoms with Gasteiger partial charge < -0.3 is 10.4 Å². The zero-order valence-corrected chi connectivity index (χ0v) is 12.8. The Hall–Kier alpha value is -1.07. The quantitative estimate of drug-likeness (QED) is 0.875. The Morgan fingerprint density at radius 3 is 2.70 bits per heavy atom. The number of nitrogens with zero attached hydrogens (tertiary/aromatic N) is 2. The van der Waals surface area contributed by atoms with Gasteiger partial charge >= 0.3 is 0 Å². The molecule has 5 nitrogen and oxygen atoms in total. The number of hydrogen-bond donors (Lipinski definition) is 2. The van der Waals surface area contributed by atoms with Crippen LogP contribution in [0.1, 0.15) is 39.5 Å². The number of anilines is 1. The summed E-state index contributed by atoms with van der Waals surface area (Å²) in [5, 5.41) is 17.2. The molecule has 0 unspecified atom stereocenters. The third-order valence-corrected chi connectivity index (χ3v) is 4.15. The molecule has 0 atom stereocenters. The molecule has 0 spiro atoms. The Bertz CT molecular complexity index is 522. The predicted octanol–water partition coefficient (Wildman–Crippen LogP) is 2.27. The molecule has 1 heterocycles. The van der Waals surface area contributed by atoms with Crippen molar-refractivity contribution in [3.05, 3.63) is 21.6 Å². The van der Waals surface area contributed by atoms with E-state index in [1.807, 2.05) is 13.8 Å². The van der Waals surface area contributed by atoms with Gasteiger partial charge in [-0.05, 0) is 18.8 Å². The summed E-state index contributed by atoms with van der Waals surface area (Å²) < 4.78 is 1.39. The van der Waals surface area contributed by atoms with Crippen molar-refractivity contribution in [1.29, 1.82) is 0 Å². The number of rotatable bonds is 5. The third kappa shape index (κ3) is 3.15. The lowest BCUT2D eigenvalue weighted by Gasteiger charge is -2.29. The summed E-state index contributed by atoms with van der Waals surface area (Å²) in [5.74, 6) is 0.327. The molecule has 1 aromatic heterocycles. The van der Waals surface area contributed by atoms with E-state index in [1.165, 1.54) is 4.68 Å². The maximum atomic E-state index is 12.2. The topological polar surface area (TPSA) is 67.2 Å². The lowest BCUT2D eigenvalue weighted by molar-refractivity contribution is 0.214. The summed E-state index contributed by atoms with van der Waals surface area (Å²) in [7, 11) is 0. The van der Waals surface area contributed by atoms with Crippen LogP contribution < -0.4 is 10.9 Å². The molecule has 2 rings (SSSR count). The second-order valence-corrected chi connectivity index (χ2v) is 6.40. The molecule has 112 valence electrons. The molecule has 1 aliphatic carbocycles. The van der Waals surface area contributed by atoms with Crippen molar-refractivity contribution in [2.24, 2.45) is 5.92 Å². The predicted molar refractivity (Wildman–Crippen MR) is 80.3 cm³/mol. The van der Waals surface area contributed by atoms with E-state index < -0.39 is 0 Å². The van der Waals surface area contributed by atoms with Gasteiger partial charge in [-0.2, -0.15) is 5.10 Å². The molecule has 2 N–H and O–H groups in total. The second kappa shape index (κ2) is 6.14. The lowest BCUT2D eigenvalue weighted by Crippen LogP contribution is -2.40. The molecule has 0 aliphatic heterocycles. The molecule has 1 saturated carbocycles. The van der Waals surface area contributed by atoms with E-state index in [9.17, 15) is 9.90 Å². The van der Waals surface area contributed by atoms with Crippen LogP contribution in [0, 0.1) is 5.92 Å². The Morgan fingerprint density at radius 1 is 1.50 bits per heavy atom. The summed E-state index contributed by atoms with van der Waals surface area (Å²) >= 11 is 6.16. The highest BCUT2D eigenvalue weighted by Crippen LogP contribution is 2.33. The van der Waals surface area contributed by atoms with Gasteiger partial charge in [-0.25, -0.2) is 4.68 Å². The van der Waals surface area contributed by atoms with Crippen LogP contribution in [0.25, 0.3) is 0 Å². The second-order valence-electron chi connectivity index (χ2n) is 6.02. The van der Waals surface area contributed by atoms with Crippen LogP contribution in [0.3, 0.4) is 0 Å². The van der Waals surface area contributed by atoms with E-state index in [2.05, 4.69) is 10.4 Å². The van der Waals surface area contributed by atoms with Crippen LogP contribution in [0.5, 0.6) is 0 Å². The molecule has 0 saturated heterocycles. The first-order chi connectivity index (χ1) is 9.47. The van der Waals surface area contributed by atoms with Gasteiger partial charge in [0.1, 0.15) is 5.02 Å². The van der Waals surface area contributed by atoms with Crippen molar-refractivity contribution >= 4 is 17.3 Å². The number of halogens is 1. The minimum absolute atomic E-state index is 0.0401. The summed E-state index contributed by atoms with van der Waals surface area (Å²) in [6.45, 7) is 4.63. The first kappa shape index (κ1) is 15.3. The Morgan fingerprint density at radius 2 is 2.15 bits per heavy atom. The van der Waals surface area contributed by atoms with Gasteiger partial charge in [-0.1, -0.05) is 38.3 Å². The van der Waals surface area contributed by atoms with E-state index in [-0.39, 0.29) is 22.7 Å². The third-order valence-electron chi connectivity index (χ3n) is 3.79. The summed E-state index contributed by atoms with van der Waals surface area (Å²) in [6.07, 6.45) is 5.50. The monoisotopic (exact) mass is 299 g/mol. The summed E-state index contributed by atoms with van der Waals surface area (Å²) in [6, 6.07) is 0. The van der Waals surface area contributed by atoms with Gasteiger partial charge in [-0.3, -0.25) is 4.79 Å². The van der Waals surface area contributed by atoms with Gasteiger partial charge in [0, 0.05) is 6.54 Å². The first-order valence-corrected chi connectivity index (χ1v) is 7.50. The van der Waals surface area contributed by atoms with Gasteiger partial charge in [0.25, 0.3) is 5.56 Å². The molecule has 1 fully saturated rings. The maximum absolute atomic E-state index is 12.2. The fourth-order valence-electron chi connectivity index (χ4n) is 2.69. The molecular formula is C14H22ClN3O2. The van der Waals surface area contributed by atoms with E-state index in [0.29, 0.717) is 18.2 Å². The molecule has 0 radical (unpaired) electrons. The van der Waals surface area contributed by atoms with Crippen LogP contribution in [0.2, 0.25) is 5.02 Å². The van der Waals surface area contributed by atoms with Gasteiger partial charge in [0.2, 0.25) is 0 Å². The minimum atomic E-state index is -0.359. The number of nitrogens with one attached hydrogen (secondary N) is 1. The van der Waals surface area contributed by atoms with Crippen LogP contribution >= 0.6 is 11.6 Å². The van der Waals surface area contributed by atoms with Gasteiger partial charge in [-0.15, -0.1) is 0 Å². The molecule has 0 bridgehead atoms. The van der Waals surface area contributed by atoms with Crippen LogP contribution in [0.15, 0.2) is 11.0 Å². The van der Waals surface area contributed by atoms with Crippen molar-refractivity contribution in [2.75, 3.05) is 11.9 Å². The Kier molecular flexibility index (Phi) is 4.70. The lowest BCUT2D eigenvalue weighted by atomic mass is 9.99. The number of aliphatic hydroxyl groups is 1. The number of hydrogen-bond acceptors (Lipinski definition) is 4. The number of aromatic nitrogens is 2. The van der Waals surface area contributed by atoms with Crippen molar-refractivity contribution in [3.8, 4) is 0 Å². The maximum Gasteiger partial charge on any atom is 0.287 e. The van der Waals surface area contributed by atoms with Crippen molar-refractivity contribution in [3.63, 3.8) is 0 Å². The van der Waals surface area contributed by atoms with E-state index in [1.54, 1.807) is 6.20 Å². The molecule has 0 amide bonds. The van der Waals surface area contributed by atoms with E-state index >= 15 is 0 Å². The summed E-state index contributed by atoms with van der Waals surface area (Å²) in [4.78, 5) is 12.2. The smallest absolute Gasteiger partial charge is 0.287 e. The Labute approximate surface area is 124 Å². The first-order valence-electron chi connectivity index (χ1n) is 7.12. The Balaban J connectivity index is 2.25. The normalized spacial score (nSPS) is 17.6. The molecule has 6 heteroatoms. The van der Waals surface area contributed by atoms with Crippen molar-refractivity contribution in [2.45, 2.75) is 51.6 Å². The molecule has 1 aromatic rings. The van der Waals surface area contributed by atoms with Gasteiger partial charge in [0.15, 0.2) is 0 Å². The largest absolute Gasteiger partial charge is 0.394 e. The highest BCUT2D eigenvalue weighted by Gasteiger charge is 2.33. The zero-order valence-electron chi connectivity index (χ0n) is 12.0. The molecule has 0 aromatic carbocycles. The standard InChI is InChI=1S/C14H22ClN3O2/c1-10(2)8-18-13(20)12(15)11(7-16-18)17-14(9-19)5-3-4-6-14/h7,10,17,19H,3-6,8-9H2,1-2H3. The molecular weight excluding hydrogens is 278 g/mol. The average molecular weight is 300 g/mol. The van der Waals surface area contributed by atoms with Crippen LogP contribution in [-0.2, 0) is 6.54 Å². The van der Waals surface area contributed by atoms with Crippen molar-refractivity contribution < 1.29 is 5.11 Å². The highest BCUT2D eigenvalue weighted by molar-refractivity contribution is 6.32. The molecule has 20 heavy (non-hydrogen) atoms. The van der Waals surface area contributed by atoms with E-state index in [4.69, 9.17) is 11.6 Å². The molecule has 1 aliphatic rings. The minimum Gasteiger partial charge on any atom is -0.394 e. The SMILES string of the molecule is CC(C)Cn1ncc(NC2(CO)CCCC2)c(Cl)c1=O. The average Bonchev–Trinajstić information content (AvgIpc) is 2.87. The van der Waals surface area contributed by atoms with Crippen LogP contribution in [0.4, 0.5) is 5.69 Å². The van der Waals surface area contributed by atoms with E-state index in [0.717, 1.165) is 25.7 Å². The van der Waals surface area contributed by atoms with Crippen molar-refractivity contribution in [1.82, 2.24) is 9.78 Å². The fraction of sp³-hybridized carbons (Fsp3) is 0.714. The number of aliphatic hydroxyl groups excluding tert-OH is 1. The summed E-state index contributed by atoms with van der Waals surface area (Å²) in [5.41, 5.74) is -0.119. The van der Waals surface area contributed by atoms with Crippen LogP contribution in [-0.4, -0.2) is 27.0 Å². The fourth-order valence-corrected chi connectivity index (χ4v) is 2.88. The van der Waals surface area contributed by atoms with Gasteiger partial charge in [0.05, 0.1) is 24.0 Å². The highest BCUT2D eigenvalue weighted by atomic mass is 35.5. The zero-order chi connectivity index (χ0) is 14.8.